The molecule has 0 amide bonds. The lowest BCUT2D eigenvalue weighted by atomic mass is 9.45. The van der Waals surface area contributed by atoms with Crippen LogP contribution in [0.15, 0.2) is 16.3 Å². The topological polar surface area (TPSA) is 48.8 Å². The fourth-order valence-corrected chi connectivity index (χ4v) is 7.46. The quantitative estimate of drug-likeness (QED) is 0.236. The first kappa shape index (κ1) is 16.5. The molecule has 3 nitrogen and oxygen atoms in total. The van der Waals surface area contributed by atoms with Crippen molar-refractivity contribution in [1.29, 1.82) is 0 Å². The fourth-order valence-electron chi connectivity index (χ4n) is 7.46. The third kappa shape index (κ3) is 2.00. The molecule has 4 bridgehead atoms. The summed E-state index contributed by atoms with van der Waals surface area (Å²) in [5.74, 6) is 2.64. The van der Waals surface area contributed by atoms with E-state index in [9.17, 15) is 5.53 Å². The molecule has 5 rings (SSSR count). The first-order valence-electron chi connectivity index (χ1n) is 9.86. The molecular formula is C21H33N3. The van der Waals surface area contributed by atoms with Crippen LogP contribution in [0.25, 0.3) is 10.4 Å². The van der Waals surface area contributed by atoms with Gasteiger partial charge in [0.2, 0.25) is 0 Å². The lowest BCUT2D eigenvalue weighted by molar-refractivity contribution is -0.0734. The van der Waals surface area contributed by atoms with Crippen LogP contribution in [0, 0.1) is 34.0 Å². The molecule has 3 heteroatoms. The van der Waals surface area contributed by atoms with E-state index in [0.29, 0.717) is 0 Å². The van der Waals surface area contributed by atoms with E-state index in [0.717, 1.165) is 17.8 Å². The van der Waals surface area contributed by atoms with E-state index in [2.05, 4.69) is 51.6 Å². The molecule has 0 saturated heterocycles. The molecule has 0 aliphatic heterocycles. The molecule has 4 saturated carbocycles. The minimum atomic E-state index is -0.297. The minimum absolute atomic E-state index is 0.0835. The summed E-state index contributed by atoms with van der Waals surface area (Å²) in [5, 5.41) is 4.66. The van der Waals surface area contributed by atoms with E-state index in [-0.39, 0.29) is 21.8 Å². The zero-order chi connectivity index (χ0) is 17.5. The third-order valence-electron chi connectivity index (χ3n) is 7.41. The Kier molecular flexibility index (Phi) is 3.17. The maximum Gasteiger partial charge on any atom is 0.0980 e. The predicted octanol–water partition coefficient (Wildman–Crippen LogP) is 6.65. The van der Waals surface area contributed by atoms with Crippen molar-refractivity contribution in [2.24, 2.45) is 39.1 Å². The van der Waals surface area contributed by atoms with Crippen LogP contribution in [0.5, 0.6) is 0 Å². The molecule has 5 aliphatic rings. The van der Waals surface area contributed by atoms with Crippen LogP contribution in [0.4, 0.5) is 0 Å². The van der Waals surface area contributed by atoms with Gasteiger partial charge in [-0.1, -0.05) is 46.7 Å². The molecule has 0 radical (unpaired) electrons. The summed E-state index contributed by atoms with van der Waals surface area (Å²) in [6.45, 7) is 13.9. The normalized spacial score (nSPS) is 39.8. The highest BCUT2D eigenvalue weighted by molar-refractivity contribution is 5.64. The Morgan fingerprint density at radius 1 is 0.833 bits per heavy atom. The van der Waals surface area contributed by atoms with E-state index in [1.807, 2.05) is 0 Å². The van der Waals surface area contributed by atoms with E-state index in [1.54, 1.807) is 0 Å². The molecule has 0 heterocycles. The molecule has 0 aromatic rings. The molecule has 0 N–H and O–H groups in total. The summed E-state index contributed by atoms with van der Waals surface area (Å²) >= 11 is 0. The molecular weight excluding hydrogens is 294 g/mol. The second-order valence-corrected chi connectivity index (χ2v) is 11.3. The van der Waals surface area contributed by atoms with Crippen molar-refractivity contribution in [3.8, 4) is 0 Å². The molecule has 0 aromatic carbocycles. The SMILES string of the molecule is CC(C)(C)C1=C(C(C)(C)C)C1(N=[N+]=[N-])C12CC3CC(CC(C3)C1)C2. The van der Waals surface area contributed by atoms with Crippen molar-refractivity contribution in [2.45, 2.75) is 85.6 Å². The van der Waals surface area contributed by atoms with Gasteiger partial charge in [-0.15, -0.1) is 0 Å². The van der Waals surface area contributed by atoms with Crippen molar-refractivity contribution >= 4 is 0 Å². The Labute approximate surface area is 146 Å². The number of hydrogen-bond donors (Lipinski definition) is 0. The van der Waals surface area contributed by atoms with E-state index in [1.165, 1.54) is 49.7 Å². The Balaban J connectivity index is 1.86. The van der Waals surface area contributed by atoms with Gasteiger partial charge in [0.1, 0.15) is 0 Å². The van der Waals surface area contributed by atoms with Gasteiger partial charge in [-0.3, -0.25) is 0 Å². The predicted molar refractivity (Wildman–Crippen MR) is 98.4 cm³/mol. The van der Waals surface area contributed by atoms with Gasteiger partial charge in [-0.2, -0.15) is 0 Å². The summed E-state index contributed by atoms with van der Waals surface area (Å²) in [6.07, 6.45) is 8.16. The average Bonchev–Trinajstić information content (AvgIpc) is 3.08. The third-order valence-corrected chi connectivity index (χ3v) is 7.41. The molecule has 0 atom stereocenters. The van der Waals surface area contributed by atoms with Crippen LogP contribution in [0.2, 0.25) is 0 Å². The maximum absolute atomic E-state index is 9.54. The molecule has 24 heavy (non-hydrogen) atoms. The number of rotatable bonds is 2. The van der Waals surface area contributed by atoms with E-state index < -0.39 is 0 Å². The number of azide groups is 1. The van der Waals surface area contributed by atoms with Gasteiger partial charge < -0.3 is 0 Å². The van der Waals surface area contributed by atoms with Gasteiger partial charge in [0, 0.05) is 4.91 Å². The molecule has 0 spiro atoms. The van der Waals surface area contributed by atoms with Crippen LogP contribution in [-0.2, 0) is 0 Å². The molecule has 132 valence electrons. The summed E-state index contributed by atoms with van der Waals surface area (Å²) < 4.78 is 0. The van der Waals surface area contributed by atoms with Gasteiger partial charge in [0.15, 0.2) is 0 Å². The standard InChI is InChI=1S/C21H33N3/c1-18(2,3)16-17(19(4,5)6)21(16,23-24-22)20-10-13-7-14(11-20)9-15(8-13)12-20/h13-15H,7-12H2,1-6H3. The van der Waals surface area contributed by atoms with E-state index >= 15 is 0 Å². The Bertz CT molecular complexity index is 590. The fraction of sp³-hybridized carbons (Fsp3) is 0.905. The summed E-state index contributed by atoms with van der Waals surface area (Å²) in [7, 11) is 0. The molecule has 0 unspecified atom stereocenters. The van der Waals surface area contributed by atoms with Crippen LogP contribution in [0.1, 0.15) is 80.1 Å². The summed E-state index contributed by atoms with van der Waals surface area (Å²) in [6, 6.07) is 0. The van der Waals surface area contributed by atoms with E-state index in [4.69, 9.17) is 0 Å². The first-order valence-corrected chi connectivity index (χ1v) is 9.86. The first-order chi connectivity index (χ1) is 11.0. The van der Waals surface area contributed by atoms with Gasteiger partial charge >= 0.3 is 0 Å². The Morgan fingerprint density at radius 3 is 1.50 bits per heavy atom. The lowest BCUT2D eigenvalue weighted by Gasteiger charge is -2.60. The molecule has 4 fully saturated rings. The lowest BCUT2D eigenvalue weighted by Crippen LogP contribution is -2.54. The highest BCUT2D eigenvalue weighted by atomic mass is 15.2. The monoisotopic (exact) mass is 327 g/mol. The second kappa shape index (κ2) is 4.61. The van der Waals surface area contributed by atoms with Crippen LogP contribution >= 0.6 is 0 Å². The van der Waals surface area contributed by atoms with Crippen LogP contribution in [0.3, 0.4) is 0 Å². The second-order valence-electron chi connectivity index (χ2n) is 11.3. The zero-order valence-corrected chi connectivity index (χ0v) is 16.3. The summed E-state index contributed by atoms with van der Waals surface area (Å²) in [5.41, 5.74) is 12.6. The van der Waals surface area contributed by atoms with Crippen LogP contribution < -0.4 is 0 Å². The maximum atomic E-state index is 9.54. The smallest absolute Gasteiger partial charge is 0.0778 e. The highest BCUT2D eigenvalue weighted by Crippen LogP contribution is 2.76. The van der Waals surface area contributed by atoms with Crippen molar-refractivity contribution in [3.63, 3.8) is 0 Å². The van der Waals surface area contributed by atoms with Crippen molar-refractivity contribution in [3.05, 3.63) is 21.6 Å². The zero-order valence-electron chi connectivity index (χ0n) is 16.3. The van der Waals surface area contributed by atoms with Crippen molar-refractivity contribution in [1.82, 2.24) is 0 Å². The van der Waals surface area contributed by atoms with Gasteiger partial charge in [0.25, 0.3) is 0 Å². The van der Waals surface area contributed by atoms with Gasteiger partial charge in [0.05, 0.1) is 5.54 Å². The highest BCUT2D eigenvalue weighted by Gasteiger charge is 2.72. The van der Waals surface area contributed by atoms with Crippen molar-refractivity contribution in [2.75, 3.05) is 0 Å². The number of hydrogen-bond acceptors (Lipinski definition) is 1. The van der Waals surface area contributed by atoms with Gasteiger partial charge in [-0.25, -0.2) is 0 Å². The largest absolute Gasteiger partial charge is 0.0980 e. The van der Waals surface area contributed by atoms with Crippen LogP contribution in [-0.4, -0.2) is 5.54 Å². The summed E-state index contributed by atoms with van der Waals surface area (Å²) in [4.78, 5) is 3.44. The average molecular weight is 328 g/mol. The Hall–Kier alpha value is -0.950. The van der Waals surface area contributed by atoms with Gasteiger partial charge in [-0.05, 0) is 89.2 Å². The molecule has 5 aliphatic carbocycles. The van der Waals surface area contributed by atoms with Crippen molar-refractivity contribution < 1.29 is 0 Å². The number of nitrogens with zero attached hydrogens (tertiary/aromatic N) is 3. The minimum Gasteiger partial charge on any atom is -0.0778 e. The Morgan fingerprint density at radius 2 is 1.21 bits per heavy atom. The molecule has 0 aromatic heterocycles.